The Morgan fingerprint density at radius 2 is 2.00 bits per heavy atom. The van der Waals surface area contributed by atoms with Gasteiger partial charge in [-0.1, -0.05) is 29.8 Å². The van der Waals surface area contributed by atoms with Crippen molar-refractivity contribution in [3.8, 4) is 0 Å². The van der Waals surface area contributed by atoms with Gasteiger partial charge >= 0.3 is 0 Å². The number of likely N-dealkylation sites (tertiary alicyclic amines) is 1. The van der Waals surface area contributed by atoms with E-state index in [0.29, 0.717) is 5.92 Å². The number of nitrogens with one attached hydrogen (secondary N) is 1. The number of rotatable bonds is 3. The van der Waals surface area contributed by atoms with E-state index >= 15 is 0 Å². The molecular weight excluding hydrogens is 341 g/mol. The third-order valence-electron chi connectivity index (χ3n) is 5.09. The molecule has 0 saturated carbocycles. The molecule has 2 aliphatic rings. The number of hydrogen-bond acceptors (Lipinski definition) is 3. The van der Waals surface area contributed by atoms with E-state index in [1.807, 2.05) is 18.3 Å². The lowest BCUT2D eigenvalue weighted by Gasteiger charge is -2.32. The molecule has 1 fully saturated rings. The van der Waals surface area contributed by atoms with Crippen LogP contribution < -0.4 is 5.32 Å². The monoisotopic (exact) mass is 363 g/mol. The zero-order valence-electron chi connectivity index (χ0n) is 13.7. The van der Waals surface area contributed by atoms with E-state index in [1.165, 1.54) is 16.8 Å². The van der Waals surface area contributed by atoms with Crippen molar-refractivity contribution in [3.05, 3.63) is 58.4 Å². The van der Waals surface area contributed by atoms with E-state index < -0.39 is 0 Å². The van der Waals surface area contributed by atoms with Crippen LogP contribution in [0.2, 0.25) is 5.02 Å². The Balaban J connectivity index is 0.00000169. The molecule has 128 valence electrons. The summed E-state index contributed by atoms with van der Waals surface area (Å²) < 4.78 is 0. The number of para-hydroxylation sites is 1. The molecule has 3 heterocycles. The molecule has 0 spiro atoms. The summed E-state index contributed by atoms with van der Waals surface area (Å²) in [6, 6.07) is 10.6. The molecule has 1 aromatic heterocycles. The number of hydrogen-bond donors (Lipinski definition) is 1. The number of halogens is 2. The Morgan fingerprint density at radius 3 is 2.79 bits per heavy atom. The van der Waals surface area contributed by atoms with Crippen LogP contribution in [0.4, 0.5) is 5.69 Å². The highest BCUT2D eigenvalue weighted by molar-refractivity contribution is 6.31. The largest absolute Gasteiger partial charge is 0.384 e. The molecule has 3 nitrogen and oxygen atoms in total. The number of pyridine rings is 1. The summed E-state index contributed by atoms with van der Waals surface area (Å²) in [5, 5.41) is 4.36. The van der Waals surface area contributed by atoms with Gasteiger partial charge in [0.15, 0.2) is 0 Å². The van der Waals surface area contributed by atoms with Gasteiger partial charge in [-0.25, -0.2) is 0 Å². The van der Waals surface area contributed by atoms with Gasteiger partial charge in [0.2, 0.25) is 0 Å². The highest BCUT2D eigenvalue weighted by Gasteiger charge is 2.24. The van der Waals surface area contributed by atoms with Crippen LogP contribution in [-0.2, 0) is 13.0 Å². The van der Waals surface area contributed by atoms with Crippen LogP contribution in [0, 0.1) is 0 Å². The predicted octanol–water partition coefficient (Wildman–Crippen LogP) is 4.50. The summed E-state index contributed by atoms with van der Waals surface area (Å²) in [5.74, 6) is 0.500. The summed E-state index contributed by atoms with van der Waals surface area (Å²) in [7, 11) is 0. The number of piperidine rings is 1. The Labute approximate surface area is 154 Å². The number of aromatic nitrogens is 1. The summed E-state index contributed by atoms with van der Waals surface area (Å²) in [6.45, 7) is 4.34. The second-order valence-electron chi connectivity index (χ2n) is 6.55. The minimum absolute atomic E-state index is 0. The van der Waals surface area contributed by atoms with Gasteiger partial charge in [-0.05, 0) is 55.6 Å². The van der Waals surface area contributed by atoms with E-state index in [2.05, 4.69) is 33.4 Å². The zero-order chi connectivity index (χ0) is 15.6. The number of fused-ring (bicyclic) bond motifs is 1. The van der Waals surface area contributed by atoms with E-state index in [1.54, 1.807) is 0 Å². The van der Waals surface area contributed by atoms with Crippen molar-refractivity contribution in [1.29, 1.82) is 0 Å². The van der Waals surface area contributed by atoms with Gasteiger partial charge in [-0.3, -0.25) is 9.88 Å². The van der Waals surface area contributed by atoms with Gasteiger partial charge in [0.25, 0.3) is 0 Å². The van der Waals surface area contributed by atoms with Crippen LogP contribution in [0.5, 0.6) is 0 Å². The van der Waals surface area contributed by atoms with Crippen molar-refractivity contribution in [2.75, 3.05) is 25.0 Å². The molecule has 1 N–H and O–H groups in total. The minimum Gasteiger partial charge on any atom is -0.384 e. The van der Waals surface area contributed by atoms with Crippen molar-refractivity contribution in [2.45, 2.75) is 31.7 Å². The quantitative estimate of drug-likeness (QED) is 0.869. The topological polar surface area (TPSA) is 28.2 Å². The molecule has 1 saturated heterocycles. The van der Waals surface area contributed by atoms with E-state index in [4.69, 9.17) is 11.6 Å². The number of benzene rings is 1. The maximum Gasteiger partial charge on any atom is 0.0624 e. The van der Waals surface area contributed by atoms with Crippen molar-refractivity contribution in [1.82, 2.24) is 9.88 Å². The predicted molar refractivity (Wildman–Crippen MR) is 102 cm³/mol. The molecule has 2 aromatic rings. The van der Waals surface area contributed by atoms with Crippen molar-refractivity contribution >= 4 is 29.7 Å². The Bertz CT molecular complexity index is 697. The zero-order valence-corrected chi connectivity index (χ0v) is 15.2. The summed E-state index contributed by atoms with van der Waals surface area (Å²) in [5.41, 5.74) is 5.37. The normalized spacial score (nSPS) is 17.9. The molecule has 1 aromatic carbocycles. The third kappa shape index (κ3) is 3.53. The summed E-state index contributed by atoms with van der Waals surface area (Å²) in [4.78, 5) is 7.06. The van der Waals surface area contributed by atoms with Crippen LogP contribution in [0.1, 0.15) is 35.6 Å². The molecule has 0 atom stereocenters. The fraction of sp³-hybridized carbons (Fsp3) is 0.421. The first-order valence-electron chi connectivity index (χ1n) is 8.48. The fourth-order valence-corrected chi connectivity index (χ4v) is 4.12. The molecule has 0 radical (unpaired) electrons. The highest BCUT2D eigenvalue weighted by Crippen LogP contribution is 2.33. The van der Waals surface area contributed by atoms with Gasteiger partial charge in [-0.2, -0.15) is 0 Å². The van der Waals surface area contributed by atoms with E-state index in [-0.39, 0.29) is 12.4 Å². The van der Waals surface area contributed by atoms with Gasteiger partial charge in [-0.15, -0.1) is 12.4 Å². The van der Waals surface area contributed by atoms with Gasteiger partial charge in [0.1, 0.15) is 0 Å². The molecule has 2 aliphatic heterocycles. The lowest BCUT2D eigenvalue weighted by Crippen LogP contribution is -2.33. The van der Waals surface area contributed by atoms with Crippen LogP contribution in [-0.4, -0.2) is 29.5 Å². The minimum atomic E-state index is 0. The Morgan fingerprint density at radius 1 is 1.17 bits per heavy atom. The molecule has 0 aliphatic carbocycles. The molecule has 5 heteroatoms. The first-order valence-corrected chi connectivity index (χ1v) is 8.86. The van der Waals surface area contributed by atoms with Crippen LogP contribution in [0.15, 0.2) is 36.5 Å². The maximum atomic E-state index is 6.30. The summed E-state index contributed by atoms with van der Waals surface area (Å²) >= 11 is 6.30. The number of nitrogens with zero attached hydrogens (tertiary/aromatic N) is 2. The molecule has 0 unspecified atom stereocenters. The molecular formula is C19H23Cl2N3. The standard InChI is InChI=1S/C19H22ClN3.ClH/c20-17-5-2-9-21-19(17)15-7-11-23(12-8-15)13-16-4-1-3-14-6-10-22-18(14)16;/h1-5,9,15,22H,6-8,10-13H2;1H. The Kier molecular flexibility index (Phi) is 5.65. The average molecular weight is 364 g/mol. The van der Waals surface area contributed by atoms with Crippen LogP contribution in [0.25, 0.3) is 0 Å². The first kappa shape index (κ1) is 17.5. The lowest BCUT2D eigenvalue weighted by molar-refractivity contribution is 0.203. The molecule has 24 heavy (non-hydrogen) atoms. The van der Waals surface area contributed by atoms with E-state index in [9.17, 15) is 0 Å². The SMILES string of the molecule is Cl.Clc1cccnc1C1CCN(Cc2cccc3c2NCC3)CC1. The summed E-state index contributed by atoms with van der Waals surface area (Å²) in [6.07, 6.45) is 5.29. The van der Waals surface area contributed by atoms with Crippen molar-refractivity contribution in [3.63, 3.8) is 0 Å². The molecule has 0 bridgehead atoms. The fourth-order valence-electron chi connectivity index (χ4n) is 3.85. The second-order valence-corrected chi connectivity index (χ2v) is 6.96. The second kappa shape index (κ2) is 7.73. The van der Waals surface area contributed by atoms with Gasteiger partial charge in [0, 0.05) is 30.9 Å². The molecule has 4 rings (SSSR count). The van der Waals surface area contributed by atoms with E-state index in [0.717, 1.165) is 56.2 Å². The first-order chi connectivity index (χ1) is 11.3. The maximum absolute atomic E-state index is 6.30. The van der Waals surface area contributed by atoms with Gasteiger partial charge < -0.3 is 5.32 Å². The van der Waals surface area contributed by atoms with Crippen molar-refractivity contribution in [2.24, 2.45) is 0 Å². The number of anilines is 1. The lowest BCUT2D eigenvalue weighted by atomic mass is 9.92. The third-order valence-corrected chi connectivity index (χ3v) is 5.41. The Hall–Kier alpha value is -1.29. The van der Waals surface area contributed by atoms with Gasteiger partial charge in [0.05, 0.1) is 10.7 Å². The average Bonchev–Trinajstić information content (AvgIpc) is 3.06. The van der Waals surface area contributed by atoms with Crippen LogP contribution >= 0.6 is 24.0 Å². The highest BCUT2D eigenvalue weighted by atomic mass is 35.5. The van der Waals surface area contributed by atoms with Crippen molar-refractivity contribution < 1.29 is 0 Å². The molecule has 0 amide bonds. The van der Waals surface area contributed by atoms with Crippen LogP contribution in [0.3, 0.4) is 0 Å². The smallest absolute Gasteiger partial charge is 0.0624 e.